The molecule has 0 saturated heterocycles. The number of ketones is 1. The van der Waals surface area contributed by atoms with Crippen molar-refractivity contribution in [1.29, 1.82) is 0 Å². The number of aromatic hydroxyl groups is 1. The van der Waals surface area contributed by atoms with Gasteiger partial charge < -0.3 is 19.9 Å². The molecular weight excluding hydrogens is 445 g/mol. The van der Waals surface area contributed by atoms with Crippen molar-refractivity contribution in [2.45, 2.75) is 16.2 Å². The van der Waals surface area contributed by atoms with Gasteiger partial charge in [0.25, 0.3) is 0 Å². The van der Waals surface area contributed by atoms with Crippen LogP contribution in [0, 0.1) is 11.7 Å². The Balaban J connectivity index is 1.95. The fourth-order valence-corrected chi connectivity index (χ4v) is 6.15. The lowest BCUT2D eigenvalue weighted by atomic mass is 9.77. The number of aromatic amines is 1. The van der Waals surface area contributed by atoms with Gasteiger partial charge in [0, 0.05) is 21.9 Å². The first-order valence-electron chi connectivity index (χ1n) is 9.10. The summed E-state index contributed by atoms with van der Waals surface area (Å²) in [6.45, 7) is 0. The van der Waals surface area contributed by atoms with Crippen molar-refractivity contribution in [1.82, 2.24) is 4.98 Å². The quantitative estimate of drug-likeness (QED) is 0.498. The van der Waals surface area contributed by atoms with E-state index in [0.717, 1.165) is 35.2 Å². The van der Waals surface area contributed by atoms with Crippen molar-refractivity contribution in [3.63, 3.8) is 0 Å². The molecule has 0 saturated carbocycles. The van der Waals surface area contributed by atoms with Gasteiger partial charge in [0.2, 0.25) is 0 Å². The third-order valence-corrected chi connectivity index (χ3v) is 7.52. The van der Waals surface area contributed by atoms with E-state index in [0.29, 0.717) is 9.90 Å². The van der Waals surface area contributed by atoms with Crippen molar-refractivity contribution in [2.24, 2.45) is 5.92 Å². The molecule has 0 amide bonds. The number of hydrogen-bond acceptors (Lipinski definition) is 7. The fraction of sp³-hybridized carbons (Fsp3) is 0.190. The van der Waals surface area contributed by atoms with Gasteiger partial charge in [-0.1, -0.05) is 35.2 Å². The number of carboxylic acid groups (broad SMARTS) is 1. The number of methoxy groups -OCH3 is 1. The zero-order chi connectivity index (χ0) is 22.3. The summed E-state index contributed by atoms with van der Waals surface area (Å²) in [6.07, 6.45) is 0. The number of carbonyl (C=O) groups is 2. The topological polar surface area (TPSA) is 117 Å². The third-order valence-electron chi connectivity index (χ3n) is 5.11. The van der Waals surface area contributed by atoms with E-state index in [9.17, 15) is 29.0 Å². The highest BCUT2D eigenvalue weighted by Crippen LogP contribution is 2.52. The van der Waals surface area contributed by atoms with E-state index in [-0.39, 0.29) is 22.6 Å². The van der Waals surface area contributed by atoms with Crippen LogP contribution >= 0.6 is 23.1 Å². The van der Waals surface area contributed by atoms with Crippen molar-refractivity contribution in [3.05, 3.63) is 74.0 Å². The van der Waals surface area contributed by atoms with E-state index >= 15 is 0 Å². The molecule has 160 valence electrons. The molecular formula is C21H16FNO6S2. The SMILES string of the molecule is COc1cccc([C@@H]2c3sc(=O)[nH]c3S[C@H](C(=O)O)[C@@H]2C(=O)c2ccc(F)cc2)c1O. The van der Waals surface area contributed by atoms with Crippen molar-refractivity contribution in [3.8, 4) is 11.5 Å². The Hall–Kier alpha value is -3.11. The number of para-hydroxylation sites is 1. The first kappa shape index (κ1) is 21.1. The lowest BCUT2D eigenvalue weighted by molar-refractivity contribution is -0.137. The van der Waals surface area contributed by atoms with Crippen LogP contribution in [-0.2, 0) is 4.79 Å². The maximum Gasteiger partial charge on any atom is 0.317 e. The molecule has 0 bridgehead atoms. The zero-order valence-corrected chi connectivity index (χ0v) is 17.6. The molecule has 2 heterocycles. The van der Waals surface area contributed by atoms with Gasteiger partial charge in [0.1, 0.15) is 11.1 Å². The van der Waals surface area contributed by atoms with Crippen LogP contribution in [-0.4, -0.2) is 39.3 Å². The smallest absolute Gasteiger partial charge is 0.317 e. The zero-order valence-electron chi connectivity index (χ0n) is 16.0. The highest BCUT2D eigenvalue weighted by atomic mass is 32.2. The summed E-state index contributed by atoms with van der Waals surface area (Å²) in [4.78, 5) is 40.4. The number of halogens is 1. The molecule has 2 aromatic carbocycles. The largest absolute Gasteiger partial charge is 0.504 e. The molecule has 7 nitrogen and oxygen atoms in total. The van der Waals surface area contributed by atoms with E-state index < -0.39 is 39.5 Å². The molecule has 4 rings (SSSR count). The highest BCUT2D eigenvalue weighted by molar-refractivity contribution is 8.00. The summed E-state index contributed by atoms with van der Waals surface area (Å²) >= 11 is 1.74. The lowest BCUT2D eigenvalue weighted by Crippen LogP contribution is -2.39. The Morgan fingerprint density at radius 1 is 1.16 bits per heavy atom. The van der Waals surface area contributed by atoms with Gasteiger partial charge in [0.15, 0.2) is 17.3 Å². The predicted octanol–water partition coefficient (Wildman–Crippen LogP) is 3.48. The molecule has 0 spiro atoms. The van der Waals surface area contributed by atoms with Gasteiger partial charge in [-0.3, -0.25) is 14.4 Å². The number of nitrogens with one attached hydrogen (secondary N) is 1. The van der Waals surface area contributed by atoms with Crippen molar-refractivity contribution in [2.75, 3.05) is 7.11 Å². The second kappa shape index (κ2) is 8.20. The molecule has 3 atom stereocenters. The number of rotatable bonds is 5. The number of benzene rings is 2. The van der Waals surface area contributed by atoms with E-state index in [1.165, 1.54) is 25.3 Å². The monoisotopic (exact) mass is 461 g/mol. The Kier molecular flexibility index (Phi) is 5.59. The number of thioether (sulfide) groups is 1. The van der Waals surface area contributed by atoms with Crippen LogP contribution in [0.15, 0.2) is 52.3 Å². The van der Waals surface area contributed by atoms with Gasteiger partial charge in [-0.25, -0.2) is 4.39 Å². The molecule has 1 aliphatic heterocycles. The van der Waals surface area contributed by atoms with E-state index in [1.807, 2.05) is 0 Å². The number of H-pyrrole nitrogens is 1. The second-order valence-corrected chi connectivity index (χ2v) is 9.02. The number of thiazole rings is 1. The van der Waals surface area contributed by atoms with Gasteiger partial charge in [-0.15, -0.1) is 0 Å². The summed E-state index contributed by atoms with van der Waals surface area (Å²) in [5, 5.41) is 19.8. The minimum absolute atomic E-state index is 0.136. The molecule has 10 heteroatoms. The maximum absolute atomic E-state index is 13.5. The Morgan fingerprint density at radius 2 is 1.87 bits per heavy atom. The molecule has 1 aliphatic rings. The number of aromatic nitrogens is 1. The molecule has 0 fully saturated rings. The molecule has 31 heavy (non-hydrogen) atoms. The van der Waals surface area contributed by atoms with Crippen LogP contribution in [0.5, 0.6) is 11.5 Å². The summed E-state index contributed by atoms with van der Waals surface area (Å²) in [6, 6.07) is 9.53. The molecule has 0 aliphatic carbocycles. The summed E-state index contributed by atoms with van der Waals surface area (Å²) < 4.78 is 18.6. The van der Waals surface area contributed by atoms with Gasteiger partial charge in [-0.2, -0.15) is 0 Å². The molecule has 0 unspecified atom stereocenters. The number of fused-ring (bicyclic) bond motifs is 1. The standard InChI is InChI=1S/C21H16FNO6S2/c1-29-12-4-2-3-11(16(12)25)13-14(15(24)9-5-7-10(22)8-6-9)18(20(26)27)30-19-17(13)31-21(28)23-19/h2-8,13-14,18,25H,1H3,(H,23,28)(H,26,27)/t13-,14-,18-/m0/s1. The summed E-state index contributed by atoms with van der Waals surface area (Å²) in [5.74, 6) is -4.47. The second-order valence-electron chi connectivity index (χ2n) is 6.86. The summed E-state index contributed by atoms with van der Waals surface area (Å²) in [5.41, 5.74) is 0.403. The lowest BCUT2D eigenvalue weighted by Gasteiger charge is -2.34. The predicted molar refractivity (Wildman–Crippen MR) is 113 cm³/mol. The van der Waals surface area contributed by atoms with Crippen molar-refractivity contribution >= 4 is 34.9 Å². The van der Waals surface area contributed by atoms with Crippen LogP contribution in [0.25, 0.3) is 0 Å². The van der Waals surface area contributed by atoms with Crippen LogP contribution in [0.2, 0.25) is 0 Å². The number of hydrogen-bond donors (Lipinski definition) is 3. The number of ether oxygens (including phenoxy) is 1. The van der Waals surface area contributed by atoms with Crippen LogP contribution in [0.3, 0.4) is 0 Å². The van der Waals surface area contributed by atoms with Gasteiger partial charge in [0.05, 0.1) is 18.1 Å². The third kappa shape index (κ3) is 3.72. The van der Waals surface area contributed by atoms with Crippen molar-refractivity contribution < 1.29 is 28.9 Å². The van der Waals surface area contributed by atoms with E-state index in [2.05, 4.69) is 4.98 Å². The average Bonchev–Trinajstić information content (AvgIpc) is 3.12. The minimum Gasteiger partial charge on any atom is -0.504 e. The number of phenols is 1. The molecule has 1 aromatic heterocycles. The van der Waals surface area contributed by atoms with Crippen LogP contribution in [0.1, 0.15) is 26.7 Å². The molecule has 3 N–H and O–H groups in total. The maximum atomic E-state index is 13.5. The number of carbonyl (C=O) groups excluding carboxylic acids is 1. The minimum atomic E-state index is -1.24. The van der Waals surface area contributed by atoms with E-state index in [4.69, 9.17) is 4.74 Å². The fourth-order valence-electron chi connectivity index (χ4n) is 3.75. The van der Waals surface area contributed by atoms with Crippen LogP contribution < -0.4 is 9.61 Å². The Morgan fingerprint density at radius 3 is 2.52 bits per heavy atom. The Bertz CT molecular complexity index is 1220. The van der Waals surface area contributed by atoms with Crippen LogP contribution in [0.4, 0.5) is 4.39 Å². The first-order chi connectivity index (χ1) is 14.8. The number of phenolic OH excluding ortho intramolecular Hbond substituents is 1. The van der Waals surface area contributed by atoms with Gasteiger partial charge >= 0.3 is 10.8 Å². The number of carboxylic acids is 1. The summed E-state index contributed by atoms with van der Waals surface area (Å²) in [7, 11) is 1.37. The number of Topliss-reactive ketones (excluding diaryl/α,β-unsaturated/α-hetero) is 1. The van der Waals surface area contributed by atoms with Gasteiger partial charge in [-0.05, 0) is 30.3 Å². The average molecular weight is 461 g/mol. The Labute approximate surface area is 183 Å². The normalized spacial score (nSPS) is 20.1. The first-order valence-corrected chi connectivity index (χ1v) is 10.8. The van der Waals surface area contributed by atoms with E-state index in [1.54, 1.807) is 12.1 Å². The molecule has 0 radical (unpaired) electrons. The number of aliphatic carboxylic acids is 1. The molecule has 3 aromatic rings. The highest BCUT2D eigenvalue weighted by Gasteiger charge is 2.48.